The van der Waals surface area contributed by atoms with Gasteiger partial charge in [0, 0.05) is 55.0 Å². The second-order valence-electron chi connectivity index (χ2n) is 11.3. The molecule has 40 heavy (non-hydrogen) atoms. The third-order valence-electron chi connectivity index (χ3n) is 8.30. The molecule has 4 aromatic rings. The van der Waals surface area contributed by atoms with Gasteiger partial charge >= 0.3 is 0 Å². The summed E-state index contributed by atoms with van der Waals surface area (Å²) >= 11 is 0. The van der Waals surface area contributed by atoms with E-state index in [1.165, 1.54) is 31.4 Å². The van der Waals surface area contributed by atoms with Gasteiger partial charge in [0.25, 0.3) is 5.91 Å². The number of nitrogens with zero attached hydrogens (tertiary/aromatic N) is 4. The quantitative estimate of drug-likeness (QED) is 0.320. The van der Waals surface area contributed by atoms with Gasteiger partial charge in [0.2, 0.25) is 5.71 Å². The van der Waals surface area contributed by atoms with E-state index in [9.17, 15) is 9.18 Å². The maximum absolute atomic E-state index is 13.9. The molecule has 1 aliphatic heterocycles. The van der Waals surface area contributed by atoms with Gasteiger partial charge in [-0.15, -0.1) is 0 Å². The van der Waals surface area contributed by atoms with Gasteiger partial charge in [0.15, 0.2) is 0 Å². The number of hydrogen-bond donors (Lipinski definition) is 1. The van der Waals surface area contributed by atoms with Crippen molar-refractivity contribution in [1.82, 2.24) is 20.2 Å². The molecule has 2 aromatic carbocycles. The molecule has 6 rings (SSSR count). The third-order valence-corrected chi connectivity index (χ3v) is 8.30. The molecule has 7 nitrogen and oxygen atoms in total. The van der Waals surface area contributed by atoms with E-state index in [2.05, 4.69) is 36.1 Å². The zero-order chi connectivity index (χ0) is 27.8. The van der Waals surface area contributed by atoms with E-state index >= 15 is 0 Å². The van der Waals surface area contributed by atoms with Gasteiger partial charge in [0.1, 0.15) is 23.7 Å². The van der Waals surface area contributed by atoms with Crippen LogP contribution in [-0.4, -0.2) is 59.0 Å². The predicted octanol–water partition coefficient (Wildman–Crippen LogP) is 6.29. The summed E-state index contributed by atoms with van der Waals surface area (Å²) < 4.78 is 20.4. The van der Waals surface area contributed by atoms with Gasteiger partial charge < -0.3 is 19.5 Å². The van der Waals surface area contributed by atoms with Crippen LogP contribution in [0.3, 0.4) is 0 Å². The molecule has 1 N–H and O–H groups in total. The van der Waals surface area contributed by atoms with Gasteiger partial charge in [-0.05, 0) is 56.5 Å². The van der Waals surface area contributed by atoms with Crippen molar-refractivity contribution in [2.45, 2.75) is 64.1 Å². The fourth-order valence-corrected chi connectivity index (χ4v) is 6.36. The summed E-state index contributed by atoms with van der Waals surface area (Å²) in [5, 5.41) is 4.29. The highest BCUT2D eigenvalue weighted by Crippen LogP contribution is 2.44. The van der Waals surface area contributed by atoms with Crippen molar-refractivity contribution in [2.24, 2.45) is 0 Å². The Labute approximate surface area is 234 Å². The molecule has 0 spiro atoms. The van der Waals surface area contributed by atoms with Crippen molar-refractivity contribution in [1.29, 1.82) is 0 Å². The summed E-state index contributed by atoms with van der Waals surface area (Å²) in [7, 11) is 2.09. The van der Waals surface area contributed by atoms with Gasteiger partial charge in [-0.25, -0.2) is 14.4 Å². The number of piperazine rings is 1. The summed E-state index contributed by atoms with van der Waals surface area (Å²) in [5.41, 5.74) is 3.61. The van der Waals surface area contributed by atoms with E-state index in [4.69, 9.17) is 9.40 Å². The molecule has 2 aromatic heterocycles. The normalized spacial score (nSPS) is 20.1. The van der Waals surface area contributed by atoms with E-state index in [1.807, 2.05) is 29.2 Å². The van der Waals surface area contributed by atoms with E-state index < -0.39 is 0 Å². The van der Waals surface area contributed by atoms with Crippen molar-refractivity contribution >= 4 is 22.8 Å². The fraction of sp³-hybridized carbons (Fsp3) is 0.406. The van der Waals surface area contributed by atoms with Crippen LogP contribution < -0.4 is 10.2 Å². The number of halogens is 1. The molecule has 3 heterocycles. The Kier molecular flexibility index (Phi) is 7.27. The molecule has 0 radical (unpaired) electrons. The standard InChI is InChI=1S/C32H36FN5O2/c1-20-17-38(18-21(2)36-20)32(39)24-11-9-23(10-12-24)29-27(22-13-15-25(33)16-14-22)28-30(34-19-35-31(28)40-29)37(3)26-7-5-4-6-8-26/h9-16,19-21,26,36H,4-8,17-18H2,1-3H3. The van der Waals surface area contributed by atoms with Crippen LogP contribution in [-0.2, 0) is 0 Å². The Balaban J connectivity index is 1.42. The number of aromatic nitrogens is 2. The fourth-order valence-electron chi connectivity index (χ4n) is 6.36. The van der Waals surface area contributed by atoms with E-state index in [0.717, 1.165) is 40.7 Å². The van der Waals surface area contributed by atoms with Crippen LogP contribution in [0.1, 0.15) is 56.3 Å². The topological polar surface area (TPSA) is 74.5 Å². The molecule has 2 unspecified atom stereocenters. The number of carbonyl (C=O) groups excluding carboxylic acids is 1. The van der Waals surface area contributed by atoms with Gasteiger partial charge in [0.05, 0.1) is 5.39 Å². The lowest BCUT2D eigenvalue weighted by atomic mass is 9.94. The first-order chi connectivity index (χ1) is 19.4. The van der Waals surface area contributed by atoms with Crippen LogP contribution in [0.2, 0.25) is 0 Å². The summed E-state index contributed by atoms with van der Waals surface area (Å²) in [6.45, 7) is 5.55. The minimum atomic E-state index is -0.298. The molecule has 2 fully saturated rings. The average molecular weight is 542 g/mol. The zero-order valence-electron chi connectivity index (χ0n) is 23.4. The predicted molar refractivity (Wildman–Crippen MR) is 156 cm³/mol. The number of furan rings is 1. The van der Waals surface area contributed by atoms with Gasteiger partial charge in [-0.2, -0.15) is 0 Å². The minimum Gasteiger partial charge on any atom is -0.437 e. The first-order valence-electron chi connectivity index (χ1n) is 14.3. The minimum absolute atomic E-state index is 0.0253. The lowest BCUT2D eigenvalue weighted by Gasteiger charge is -2.36. The van der Waals surface area contributed by atoms with E-state index in [-0.39, 0.29) is 23.8 Å². The number of hydrogen-bond acceptors (Lipinski definition) is 6. The zero-order valence-corrected chi connectivity index (χ0v) is 23.4. The van der Waals surface area contributed by atoms with Crippen molar-refractivity contribution in [3.8, 4) is 22.5 Å². The molecule has 1 saturated heterocycles. The van der Waals surface area contributed by atoms with Gasteiger partial charge in [-0.3, -0.25) is 4.79 Å². The lowest BCUT2D eigenvalue weighted by Crippen LogP contribution is -2.55. The number of carbonyl (C=O) groups is 1. The van der Waals surface area contributed by atoms with Crippen LogP contribution in [0.25, 0.3) is 33.6 Å². The smallest absolute Gasteiger partial charge is 0.253 e. The molecular formula is C32H36FN5O2. The molecule has 2 aliphatic rings. The van der Waals surface area contributed by atoms with Crippen molar-refractivity contribution in [2.75, 3.05) is 25.0 Å². The monoisotopic (exact) mass is 541 g/mol. The van der Waals surface area contributed by atoms with Gasteiger partial charge in [-0.1, -0.05) is 43.5 Å². The molecule has 2 atom stereocenters. The SMILES string of the molecule is CC1CN(C(=O)c2ccc(-c3oc4ncnc(N(C)C5CCCCC5)c4c3-c3ccc(F)cc3)cc2)CC(C)N1. The van der Waals surface area contributed by atoms with Crippen LogP contribution >= 0.6 is 0 Å². The number of rotatable bonds is 5. The largest absolute Gasteiger partial charge is 0.437 e. The second-order valence-corrected chi connectivity index (χ2v) is 11.3. The Hall–Kier alpha value is -3.78. The molecule has 8 heteroatoms. The van der Waals surface area contributed by atoms with Crippen molar-refractivity contribution in [3.63, 3.8) is 0 Å². The first-order valence-corrected chi connectivity index (χ1v) is 14.3. The number of fused-ring (bicyclic) bond motifs is 1. The lowest BCUT2D eigenvalue weighted by molar-refractivity contribution is 0.0674. The average Bonchev–Trinajstić information content (AvgIpc) is 3.37. The number of anilines is 1. The Morgan fingerprint density at radius 1 is 0.950 bits per heavy atom. The second kappa shape index (κ2) is 11.0. The maximum atomic E-state index is 13.9. The Morgan fingerprint density at radius 3 is 2.27 bits per heavy atom. The molecular weight excluding hydrogens is 505 g/mol. The third kappa shape index (κ3) is 5.08. The van der Waals surface area contributed by atoms with E-state index in [0.29, 0.717) is 36.2 Å². The van der Waals surface area contributed by atoms with Crippen molar-refractivity contribution < 1.29 is 13.6 Å². The van der Waals surface area contributed by atoms with Crippen LogP contribution in [0.5, 0.6) is 0 Å². The molecule has 1 saturated carbocycles. The Bertz CT molecular complexity index is 1480. The van der Waals surface area contributed by atoms with Crippen LogP contribution in [0.15, 0.2) is 59.3 Å². The summed E-state index contributed by atoms with van der Waals surface area (Å²) in [4.78, 5) is 26.7. The molecule has 208 valence electrons. The number of amides is 1. The highest BCUT2D eigenvalue weighted by Gasteiger charge is 2.28. The number of nitrogens with one attached hydrogen (secondary N) is 1. The summed E-state index contributed by atoms with van der Waals surface area (Å²) in [6, 6.07) is 14.9. The summed E-state index contributed by atoms with van der Waals surface area (Å²) in [6.07, 6.45) is 7.49. The number of benzene rings is 2. The molecule has 0 bridgehead atoms. The highest BCUT2D eigenvalue weighted by molar-refractivity contribution is 6.06. The maximum Gasteiger partial charge on any atom is 0.253 e. The highest BCUT2D eigenvalue weighted by atomic mass is 19.1. The first kappa shape index (κ1) is 26.4. The Morgan fingerprint density at radius 2 is 1.60 bits per heavy atom. The van der Waals surface area contributed by atoms with Crippen LogP contribution in [0.4, 0.5) is 10.2 Å². The molecule has 1 amide bonds. The van der Waals surface area contributed by atoms with Crippen LogP contribution in [0, 0.1) is 5.82 Å². The van der Waals surface area contributed by atoms with Crippen molar-refractivity contribution in [3.05, 3.63) is 66.2 Å². The van der Waals surface area contributed by atoms with E-state index in [1.54, 1.807) is 18.5 Å². The molecule has 1 aliphatic carbocycles. The summed E-state index contributed by atoms with van der Waals surface area (Å²) in [5.74, 6) is 1.18.